The van der Waals surface area contributed by atoms with Crippen LogP contribution in [0.25, 0.3) is 0 Å². The van der Waals surface area contributed by atoms with Crippen molar-refractivity contribution in [3.8, 4) is 0 Å². The summed E-state index contributed by atoms with van der Waals surface area (Å²) in [4.78, 5) is 4.53. The standard InChI is InChI=1S/C14H24N2S/c1-3-9-15-13(12-7-8-12)5-4-6-14-16-11(2)10-17-14/h10,12-13,15H,3-9H2,1-2H3. The second-order valence-corrected chi connectivity index (χ2v) is 6.12. The molecule has 0 aromatic carbocycles. The van der Waals surface area contributed by atoms with Crippen LogP contribution < -0.4 is 5.32 Å². The monoisotopic (exact) mass is 252 g/mol. The van der Waals surface area contributed by atoms with Crippen molar-refractivity contribution >= 4 is 11.3 Å². The number of aromatic nitrogens is 1. The lowest BCUT2D eigenvalue weighted by molar-refractivity contribution is 0.425. The van der Waals surface area contributed by atoms with Crippen molar-refractivity contribution in [1.29, 1.82) is 0 Å². The summed E-state index contributed by atoms with van der Waals surface area (Å²) in [5.41, 5.74) is 1.17. The Morgan fingerprint density at radius 2 is 2.35 bits per heavy atom. The van der Waals surface area contributed by atoms with Gasteiger partial charge in [-0.3, -0.25) is 0 Å². The highest BCUT2D eigenvalue weighted by Crippen LogP contribution is 2.34. The number of rotatable bonds is 8. The Balaban J connectivity index is 1.68. The second-order valence-electron chi connectivity index (χ2n) is 5.17. The number of hydrogen-bond acceptors (Lipinski definition) is 3. The zero-order chi connectivity index (χ0) is 12.1. The first-order valence-corrected chi connectivity index (χ1v) is 7.82. The minimum Gasteiger partial charge on any atom is -0.314 e. The molecule has 0 spiro atoms. The lowest BCUT2D eigenvalue weighted by Gasteiger charge is -2.17. The smallest absolute Gasteiger partial charge is 0.0928 e. The first-order chi connectivity index (χ1) is 8.29. The highest BCUT2D eigenvalue weighted by Gasteiger charge is 2.30. The summed E-state index contributed by atoms with van der Waals surface area (Å²) < 4.78 is 0. The molecule has 1 aliphatic rings. The Labute approximate surface area is 109 Å². The van der Waals surface area contributed by atoms with E-state index in [-0.39, 0.29) is 0 Å². The average molecular weight is 252 g/mol. The van der Waals surface area contributed by atoms with Crippen molar-refractivity contribution in [2.45, 2.75) is 58.4 Å². The van der Waals surface area contributed by atoms with Crippen LogP contribution in [0.2, 0.25) is 0 Å². The highest BCUT2D eigenvalue weighted by molar-refractivity contribution is 7.09. The molecule has 1 aromatic heterocycles. The predicted molar refractivity (Wildman–Crippen MR) is 74.6 cm³/mol. The van der Waals surface area contributed by atoms with Gasteiger partial charge in [0, 0.05) is 17.1 Å². The fraction of sp³-hybridized carbons (Fsp3) is 0.786. The molecule has 1 saturated carbocycles. The molecule has 2 rings (SSSR count). The van der Waals surface area contributed by atoms with Gasteiger partial charge in [0.05, 0.1) is 5.01 Å². The van der Waals surface area contributed by atoms with E-state index >= 15 is 0 Å². The van der Waals surface area contributed by atoms with E-state index in [0.29, 0.717) is 0 Å². The van der Waals surface area contributed by atoms with Crippen molar-refractivity contribution in [3.05, 3.63) is 16.1 Å². The molecule has 0 bridgehead atoms. The molecule has 0 amide bonds. The van der Waals surface area contributed by atoms with E-state index in [1.807, 2.05) is 11.3 Å². The molecule has 2 nitrogen and oxygen atoms in total. The molecule has 0 radical (unpaired) electrons. The molecule has 96 valence electrons. The van der Waals surface area contributed by atoms with Crippen LogP contribution in [0.3, 0.4) is 0 Å². The third-order valence-electron chi connectivity index (χ3n) is 3.42. The number of nitrogens with one attached hydrogen (secondary N) is 1. The van der Waals surface area contributed by atoms with Gasteiger partial charge in [0.25, 0.3) is 0 Å². The summed E-state index contributed by atoms with van der Waals surface area (Å²) in [6.07, 6.45) is 7.90. The van der Waals surface area contributed by atoms with Crippen molar-refractivity contribution in [2.75, 3.05) is 6.54 Å². The van der Waals surface area contributed by atoms with Gasteiger partial charge in [-0.15, -0.1) is 11.3 Å². The normalized spacial score (nSPS) is 17.3. The Morgan fingerprint density at radius 3 is 2.94 bits per heavy atom. The zero-order valence-electron chi connectivity index (χ0n) is 11.0. The van der Waals surface area contributed by atoms with Gasteiger partial charge in [0.2, 0.25) is 0 Å². The van der Waals surface area contributed by atoms with Gasteiger partial charge in [0.15, 0.2) is 0 Å². The highest BCUT2D eigenvalue weighted by atomic mass is 32.1. The van der Waals surface area contributed by atoms with Crippen molar-refractivity contribution < 1.29 is 0 Å². The van der Waals surface area contributed by atoms with Gasteiger partial charge >= 0.3 is 0 Å². The van der Waals surface area contributed by atoms with E-state index in [0.717, 1.165) is 18.4 Å². The van der Waals surface area contributed by atoms with Gasteiger partial charge in [0.1, 0.15) is 0 Å². The van der Waals surface area contributed by atoms with Crippen molar-refractivity contribution in [1.82, 2.24) is 10.3 Å². The molecule has 1 fully saturated rings. The fourth-order valence-electron chi connectivity index (χ4n) is 2.32. The maximum Gasteiger partial charge on any atom is 0.0928 e. The molecule has 1 atom stereocenters. The van der Waals surface area contributed by atoms with E-state index in [1.54, 1.807) is 0 Å². The second kappa shape index (κ2) is 6.50. The Bertz CT molecular complexity index is 331. The van der Waals surface area contributed by atoms with E-state index in [2.05, 4.69) is 29.5 Å². The molecule has 1 aliphatic carbocycles. The molecular weight excluding hydrogens is 228 g/mol. The summed E-state index contributed by atoms with van der Waals surface area (Å²) in [6, 6.07) is 0.774. The molecule has 1 N–H and O–H groups in total. The fourth-order valence-corrected chi connectivity index (χ4v) is 3.14. The van der Waals surface area contributed by atoms with Gasteiger partial charge in [-0.05, 0) is 57.9 Å². The van der Waals surface area contributed by atoms with Crippen LogP contribution in [-0.4, -0.2) is 17.6 Å². The molecule has 1 unspecified atom stereocenters. The lowest BCUT2D eigenvalue weighted by Crippen LogP contribution is -2.31. The SMILES string of the molecule is CCCNC(CCCc1nc(C)cs1)C1CC1. The van der Waals surface area contributed by atoms with Crippen LogP contribution in [0.5, 0.6) is 0 Å². The quantitative estimate of drug-likeness (QED) is 0.765. The van der Waals surface area contributed by atoms with E-state index < -0.39 is 0 Å². The molecule has 3 heteroatoms. The third-order valence-corrected chi connectivity index (χ3v) is 4.45. The molecule has 0 aliphatic heterocycles. The Morgan fingerprint density at radius 1 is 1.53 bits per heavy atom. The number of aryl methyl sites for hydroxylation is 2. The van der Waals surface area contributed by atoms with E-state index in [9.17, 15) is 0 Å². The topological polar surface area (TPSA) is 24.9 Å². The van der Waals surface area contributed by atoms with Crippen LogP contribution >= 0.6 is 11.3 Å². The van der Waals surface area contributed by atoms with Crippen LogP contribution in [0, 0.1) is 12.8 Å². The molecule has 1 aromatic rings. The summed E-state index contributed by atoms with van der Waals surface area (Å²) in [7, 11) is 0. The number of thiazole rings is 1. The Kier molecular flexibility index (Phi) is 4.99. The van der Waals surface area contributed by atoms with Gasteiger partial charge in [-0.2, -0.15) is 0 Å². The molecule has 17 heavy (non-hydrogen) atoms. The first kappa shape index (κ1) is 13.0. The maximum absolute atomic E-state index is 4.53. The summed E-state index contributed by atoms with van der Waals surface area (Å²) >= 11 is 1.81. The summed E-state index contributed by atoms with van der Waals surface area (Å²) in [5, 5.41) is 7.17. The van der Waals surface area contributed by atoms with E-state index in [1.165, 1.54) is 49.4 Å². The number of hydrogen-bond donors (Lipinski definition) is 1. The average Bonchev–Trinajstić information content (AvgIpc) is 3.08. The zero-order valence-corrected chi connectivity index (χ0v) is 11.9. The minimum absolute atomic E-state index is 0.774. The van der Waals surface area contributed by atoms with Crippen LogP contribution in [0.15, 0.2) is 5.38 Å². The first-order valence-electron chi connectivity index (χ1n) is 6.94. The maximum atomic E-state index is 4.53. The van der Waals surface area contributed by atoms with Crippen LogP contribution in [-0.2, 0) is 6.42 Å². The van der Waals surface area contributed by atoms with E-state index in [4.69, 9.17) is 0 Å². The van der Waals surface area contributed by atoms with Gasteiger partial charge in [-0.1, -0.05) is 6.92 Å². The molecule has 0 saturated heterocycles. The minimum atomic E-state index is 0.774. The van der Waals surface area contributed by atoms with Crippen LogP contribution in [0.4, 0.5) is 0 Å². The largest absolute Gasteiger partial charge is 0.314 e. The summed E-state index contributed by atoms with van der Waals surface area (Å²) in [6.45, 7) is 5.50. The van der Waals surface area contributed by atoms with Crippen LogP contribution in [0.1, 0.15) is 49.7 Å². The van der Waals surface area contributed by atoms with Crippen molar-refractivity contribution in [2.24, 2.45) is 5.92 Å². The Hall–Kier alpha value is -0.410. The predicted octanol–water partition coefficient (Wildman–Crippen LogP) is 3.55. The van der Waals surface area contributed by atoms with Gasteiger partial charge in [-0.25, -0.2) is 4.98 Å². The number of nitrogens with zero attached hydrogens (tertiary/aromatic N) is 1. The van der Waals surface area contributed by atoms with Crippen molar-refractivity contribution in [3.63, 3.8) is 0 Å². The molecule has 1 heterocycles. The van der Waals surface area contributed by atoms with Gasteiger partial charge < -0.3 is 5.32 Å². The molecular formula is C14H24N2S. The third kappa shape index (κ3) is 4.40. The lowest BCUT2D eigenvalue weighted by atomic mass is 10.1. The summed E-state index contributed by atoms with van der Waals surface area (Å²) in [5.74, 6) is 0.972.